The lowest BCUT2D eigenvalue weighted by Gasteiger charge is -2.32. The Labute approximate surface area is 138 Å². The van der Waals surface area contributed by atoms with E-state index >= 15 is 0 Å². The minimum absolute atomic E-state index is 0.0318. The number of halogens is 2. The van der Waals surface area contributed by atoms with Crippen LogP contribution in [-0.2, 0) is 9.31 Å². The fraction of sp³-hybridized carbons (Fsp3) is 0.467. The molecule has 0 aromatic heterocycles. The number of hydrogen-bond donors (Lipinski definition) is 1. The van der Waals surface area contributed by atoms with Crippen molar-refractivity contribution in [3.05, 3.63) is 27.9 Å². The zero-order chi connectivity index (χ0) is 16.7. The maximum atomic E-state index is 14.4. The second kappa shape index (κ2) is 5.87. The van der Waals surface area contributed by atoms with Gasteiger partial charge in [-0.3, -0.25) is 0 Å². The highest BCUT2D eigenvalue weighted by atomic mass is 79.9. The van der Waals surface area contributed by atoms with Crippen LogP contribution in [0.2, 0.25) is 0 Å². The van der Waals surface area contributed by atoms with Crippen LogP contribution >= 0.6 is 15.9 Å². The van der Waals surface area contributed by atoms with Crippen molar-refractivity contribution in [2.24, 2.45) is 0 Å². The van der Waals surface area contributed by atoms with Crippen molar-refractivity contribution in [1.29, 1.82) is 0 Å². The van der Waals surface area contributed by atoms with Gasteiger partial charge in [-0.2, -0.15) is 0 Å². The standard InChI is InChI=1S/C15H19BBrFO4/c1-14(2)15(3,4)22-16(21-14)12(18)8-9-6-10(17)13(19)11(7-9)20-5/h6-8,19H,1-5H3. The summed E-state index contributed by atoms with van der Waals surface area (Å²) in [6, 6.07) is 3.12. The highest BCUT2D eigenvalue weighted by Crippen LogP contribution is 2.40. The van der Waals surface area contributed by atoms with Gasteiger partial charge in [-0.25, -0.2) is 4.39 Å². The van der Waals surface area contributed by atoms with E-state index in [1.54, 1.807) is 6.07 Å². The Morgan fingerprint density at radius 1 is 1.27 bits per heavy atom. The van der Waals surface area contributed by atoms with Gasteiger partial charge >= 0.3 is 7.12 Å². The summed E-state index contributed by atoms with van der Waals surface area (Å²) in [4.78, 5) is 0. The van der Waals surface area contributed by atoms with E-state index in [1.807, 2.05) is 27.7 Å². The Morgan fingerprint density at radius 2 is 1.82 bits per heavy atom. The molecule has 0 bridgehead atoms. The molecule has 0 saturated carbocycles. The van der Waals surface area contributed by atoms with Crippen LogP contribution in [0, 0.1) is 0 Å². The topological polar surface area (TPSA) is 47.9 Å². The second-order valence-electron chi connectivity index (χ2n) is 6.17. The number of benzene rings is 1. The molecule has 1 saturated heterocycles. The summed E-state index contributed by atoms with van der Waals surface area (Å²) in [5.74, 6) is 0.220. The number of ether oxygens (including phenoxy) is 1. The number of rotatable bonds is 3. The van der Waals surface area contributed by atoms with Gasteiger partial charge in [0, 0.05) is 0 Å². The molecule has 2 rings (SSSR count). The summed E-state index contributed by atoms with van der Waals surface area (Å²) >= 11 is 3.20. The van der Waals surface area contributed by atoms with Crippen LogP contribution in [0.5, 0.6) is 11.5 Å². The van der Waals surface area contributed by atoms with Gasteiger partial charge in [0.2, 0.25) is 0 Å². The highest BCUT2D eigenvalue weighted by Gasteiger charge is 2.53. The van der Waals surface area contributed by atoms with Crippen LogP contribution in [0.1, 0.15) is 33.3 Å². The Hall–Kier alpha value is -1.05. The number of phenols is 1. The average Bonchev–Trinajstić information content (AvgIpc) is 2.62. The largest absolute Gasteiger partial charge is 0.525 e. The lowest BCUT2D eigenvalue weighted by Crippen LogP contribution is -2.41. The summed E-state index contributed by atoms with van der Waals surface area (Å²) in [5.41, 5.74) is -1.22. The van der Waals surface area contributed by atoms with Crippen molar-refractivity contribution in [3.8, 4) is 11.5 Å². The number of methoxy groups -OCH3 is 1. The van der Waals surface area contributed by atoms with Gasteiger partial charge < -0.3 is 19.2 Å². The molecule has 1 aliphatic heterocycles. The maximum absolute atomic E-state index is 14.4. The normalized spacial score (nSPS) is 20.3. The Morgan fingerprint density at radius 3 is 2.32 bits per heavy atom. The van der Waals surface area contributed by atoms with Gasteiger partial charge in [-0.05, 0) is 67.4 Å². The molecular formula is C15H19BBrFO4. The molecular weight excluding hydrogens is 354 g/mol. The van der Waals surface area contributed by atoms with Crippen molar-refractivity contribution >= 4 is 29.1 Å². The van der Waals surface area contributed by atoms with Gasteiger partial charge in [0.1, 0.15) is 5.73 Å². The molecule has 1 fully saturated rings. The number of phenolic OH excluding ortho intramolecular Hbond substituents is 1. The third kappa shape index (κ3) is 3.16. The molecule has 1 N–H and O–H groups in total. The molecule has 0 unspecified atom stereocenters. The lowest BCUT2D eigenvalue weighted by atomic mass is 9.87. The van der Waals surface area contributed by atoms with Crippen molar-refractivity contribution in [2.45, 2.75) is 38.9 Å². The van der Waals surface area contributed by atoms with E-state index in [0.29, 0.717) is 10.0 Å². The number of aromatic hydroxyl groups is 1. The molecule has 120 valence electrons. The summed E-state index contributed by atoms with van der Waals surface area (Å²) < 4.78 is 31.2. The van der Waals surface area contributed by atoms with E-state index in [9.17, 15) is 9.50 Å². The van der Waals surface area contributed by atoms with E-state index in [1.165, 1.54) is 19.3 Å². The van der Waals surface area contributed by atoms with Gasteiger partial charge in [-0.15, -0.1) is 0 Å². The average molecular weight is 373 g/mol. The molecule has 22 heavy (non-hydrogen) atoms. The Kier molecular flexibility index (Phi) is 4.62. The first-order valence-corrected chi connectivity index (χ1v) is 7.66. The molecule has 0 spiro atoms. The van der Waals surface area contributed by atoms with Gasteiger partial charge in [0.05, 0.1) is 22.8 Å². The number of hydrogen-bond acceptors (Lipinski definition) is 4. The zero-order valence-corrected chi connectivity index (χ0v) is 14.8. The molecule has 1 aromatic rings. The van der Waals surface area contributed by atoms with E-state index in [2.05, 4.69) is 15.9 Å². The molecule has 0 atom stereocenters. The first-order chi connectivity index (χ1) is 10.1. The first-order valence-electron chi connectivity index (χ1n) is 6.86. The summed E-state index contributed by atoms with van der Waals surface area (Å²) in [6.07, 6.45) is 1.30. The van der Waals surface area contributed by atoms with Gasteiger partial charge in [0.25, 0.3) is 0 Å². The molecule has 1 aromatic carbocycles. The summed E-state index contributed by atoms with van der Waals surface area (Å²) in [7, 11) is 0.378. The van der Waals surface area contributed by atoms with Crippen LogP contribution in [0.3, 0.4) is 0 Å². The van der Waals surface area contributed by atoms with Crippen LogP contribution in [0.15, 0.2) is 22.3 Å². The van der Waals surface area contributed by atoms with Crippen LogP contribution in [0.25, 0.3) is 6.08 Å². The smallest absolute Gasteiger partial charge is 0.503 e. The predicted molar refractivity (Wildman–Crippen MR) is 87.5 cm³/mol. The van der Waals surface area contributed by atoms with Crippen molar-refractivity contribution < 1.29 is 23.5 Å². The fourth-order valence-corrected chi connectivity index (χ4v) is 2.48. The molecule has 0 amide bonds. The first kappa shape index (κ1) is 17.3. The van der Waals surface area contributed by atoms with Crippen molar-refractivity contribution in [1.82, 2.24) is 0 Å². The fourth-order valence-electron chi connectivity index (χ4n) is 2.02. The Bertz CT molecular complexity index is 600. The Balaban J connectivity index is 2.29. The van der Waals surface area contributed by atoms with E-state index in [4.69, 9.17) is 14.0 Å². The van der Waals surface area contributed by atoms with Crippen molar-refractivity contribution in [3.63, 3.8) is 0 Å². The lowest BCUT2D eigenvalue weighted by molar-refractivity contribution is 0.00578. The molecule has 4 nitrogen and oxygen atoms in total. The summed E-state index contributed by atoms with van der Waals surface area (Å²) in [5, 5.41) is 9.77. The molecule has 1 aliphatic rings. The molecule has 0 radical (unpaired) electrons. The van der Waals surface area contributed by atoms with Crippen molar-refractivity contribution in [2.75, 3.05) is 7.11 Å². The van der Waals surface area contributed by atoms with E-state index in [0.717, 1.165) is 0 Å². The van der Waals surface area contributed by atoms with E-state index in [-0.39, 0.29) is 11.5 Å². The van der Waals surface area contributed by atoms with Crippen LogP contribution < -0.4 is 4.74 Å². The maximum Gasteiger partial charge on any atom is 0.525 e. The minimum Gasteiger partial charge on any atom is -0.503 e. The third-order valence-corrected chi connectivity index (χ3v) is 4.66. The molecule has 1 heterocycles. The molecule has 0 aliphatic carbocycles. The third-order valence-electron chi connectivity index (χ3n) is 4.05. The second-order valence-corrected chi connectivity index (χ2v) is 7.03. The van der Waals surface area contributed by atoms with Crippen LogP contribution in [0.4, 0.5) is 4.39 Å². The minimum atomic E-state index is -1.05. The zero-order valence-electron chi connectivity index (χ0n) is 13.2. The quantitative estimate of drug-likeness (QED) is 0.811. The predicted octanol–water partition coefficient (Wildman–Crippen LogP) is 4.11. The molecule has 7 heteroatoms. The van der Waals surface area contributed by atoms with Crippen LogP contribution in [-0.4, -0.2) is 30.5 Å². The SMILES string of the molecule is COc1cc(C=C(F)B2OC(C)(C)C(C)(C)O2)cc(Br)c1O. The van der Waals surface area contributed by atoms with Gasteiger partial charge in [-0.1, -0.05) is 0 Å². The van der Waals surface area contributed by atoms with E-state index < -0.39 is 24.0 Å². The highest BCUT2D eigenvalue weighted by molar-refractivity contribution is 9.10. The van der Waals surface area contributed by atoms with Gasteiger partial charge in [0.15, 0.2) is 11.5 Å². The summed E-state index contributed by atoms with van der Waals surface area (Å²) in [6.45, 7) is 7.45. The monoisotopic (exact) mass is 372 g/mol.